The van der Waals surface area contributed by atoms with E-state index in [1.54, 1.807) is 6.07 Å². The average Bonchev–Trinajstić information content (AvgIpc) is 3.07. The molecule has 4 rings (SSSR count). The van der Waals surface area contributed by atoms with Crippen LogP contribution >= 0.6 is 0 Å². The van der Waals surface area contributed by atoms with Crippen molar-refractivity contribution in [2.24, 2.45) is 0 Å². The second-order valence-electron chi connectivity index (χ2n) is 7.76. The van der Waals surface area contributed by atoms with E-state index in [1.165, 1.54) is 42.1 Å². The van der Waals surface area contributed by atoms with E-state index in [0.717, 1.165) is 6.07 Å². The van der Waals surface area contributed by atoms with Gasteiger partial charge in [-0.05, 0) is 42.3 Å². The van der Waals surface area contributed by atoms with Crippen LogP contribution in [-0.2, 0) is 21.2 Å². The molecule has 0 saturated heterocycles. The highest BCUT2D eigenvalue weighted by atomic mass is 32.2. The smallest absolute Gasteiger partial charge is 0.265 e. The molecule has 0 saturated carbocycles. The Morgan fingerprint density at radius 3 is 2.68 bits per heavy atom. The lowest BCUT2D eigenvalue weighted by Crippen LogP contribution is -2.15. The van der Waals surface area contributed by atoms with Crippen molar-refractivity contribution in [2.45, 2.75) is 37.5 Å². The van der Waals surface area contributed by atoms with E-state index in [1.807, 2.05) is 6.92 Å². The van der Waals surface area contributed by atoms with Crippen LogP contribution < -0.4 is 14.8 Å². The van der Waals surface area contributed by atoms with E-state index in [9.17, 15) is 22.4 Å². The van der Waals surface area contributed by atoms with Crippen LogP contribution in [-0.4, -0.2) is 37.1 Å². The monoisotopic (exact) mass is 486 g/mol. The zero-order valence-corrected chi connectivity index (χ0v) is 19.4. The number of nitrogens with one attached hydrogen (secondary N) is 2. The lowest BCUT2D eigenvalue weighted by molar-refractivity contribution is -0.116. The maximum atomic E-state index is 13.6. The summed E-state index contributed by atoms with van der Waals surface area (Å²) >= 11 is 0. The van der Waals surface area contributed by atoms with Crippen LogP contribution in [0.25, 0.3) is 11.1 Å². The van der Waals surface area contributed by atoms with Crippen molar-refractivity contribution in [1.29, 1.82) is 0 Å². The molecular weight excluding hydrogens is 463 g/mol. The lowest BCUT2D eigenvalue weighted by Gasteiger charge is -2.14. The summed E-state index contributed by atoms with van der Waals surface area (Å²) in [5.41, 5.74) is 1.51. The molecule has 1 amide bonds. The second-order valence-corrected chi connectivity index (χ2v) is 9.41. The third-order valence-corrected chi connectivity index (χ3v) is 6.73. The molecule has 1 aromatic heterocycles. The molecule has 9 nitrogen and oxygen atoms in total. The quantitative estimate of drug-likeness (QED) is 0.524. The number of nitrogens with zero attached hydrogens (tertiary/aromatic N) is 2. The minimum atomic E-state index is -4.18. The van der Waals surface area contributed by atoms with Gasteiger partial charge in [-0.3, -0.25) is 14.3 Å². The summed E-state index contributed by atoms with van der Waals surface area (Å²) in [6.07, 6.45) is 1.28. The maximum Gasteiger partial charge on any atom is 0.265 e. The minimum absolute atomic E-state index is 0.0192. The van der Waals surface area contributed by atoms with Gasteiger partial charge in [-0.25, -0.2) is 12.8 Å². The van der Waals surface area contributed by atoms with Gasteiger partial charge in [0.05, 0.1) is 18.5 Å². The van der Waals surface area contributed by atoms with Gasteiger partial charge in [-0.1, -0.05) is 25.5 Å². The first-order valence-corrected chi connectivity index (χ1v) is 12.1. The van der Waals surface area contributed by atoms with Crippen LogP contribution in [0.15, 0.2) is 47.4 Å². The Balaban J connectivity index is 1.87. The van der Waals surface area contributed by atoms with E-state index in [0.29, 0.717) is 29.7 Å². The SMILES string of the molecule is CCCc1nn2c(c1-c1ccc(OC)c(S(=O)(=O)Nc3cccc(F)c3)c1)NC(=O)CCC2=O. The van der Waals surface area contributed by atoms with Gasteiger partial charge in [0.2, 0.25) is 11.8 Å². The summed E-state index contributed by atoms with van der Waals surface area (Å²) in [6, 6.07) is 9.59. The Hall–Kier alpha value is -3.73. The molecule has 1 aliphatic heterocycles. The molecule has 0 aliphatic carbocycles. The van der Waals surface area contributed by atoms with Crippen LogP contribution in [0.1, 0.15) is 36.7 Å². The third-order valence-electron chi connectivity index (χ3n) is 5.32. The zero-order chi connectivity index (χ0) is 24.5. The number of amides is 1. The molecule has 2 heterocycles. The van der Waals surface area contributed by atoms with Gasteiger partial charge in [0, 0.05) is 18.4 Å². The molecule has 2 N–H and O–H groups in total. The van der Waals surface area contributed by atoms with Crippen molar-refractivity contribution in [1.82, 2.24) is 9.78 Å². The Morgan fingerprint density at radius 2 is 1.97 bits per heavy atom. The number of aryl methyl sites for hydroxylation is 1. The van der Waals surface area contributed by atoms with E-state index in [4.69, 9.17) is 4.74 Å². The van der Waals surface area contributed by atoms with Gasteiger partial charge in [-0.15, -0.1) is 0 Å². The first-order valence-electron chi connectivity index (χ1n) is 10.6. The number of sulfonamides is 1. The van der Waals surface area contributed by atoms with Gasteiger partial charge in [0.25, 0.3) is 10.0 Å². The normalized spacial score (nSPS) is 13.7. The number of anilines is 2. The summed E-state index contributed by atoms with van der Waals surface area (Å²) in [5.74, 6) is -0.963. The van der Waals surface area contributed by atoms with Gasteiger partial charge >= 0.3 is 0 Å². The van der Waals surface area contributed by atoms with E-state index in [-0.39, 0.29) is 46.8 Å². The van der Waals surface area contributed by atoms with Crippen molar-refractivity contribution < 1.29 is 27.1 Å². The molecule has 1 aliphatic rings. The van der Waals surface area contributed by atoms with E-state index < -0.39 is 15.8 Å². The molecule has 0 fully saturated rings. The van der Waals surface area contributed by atoms with Gasteiger partial charge in [-0.2, -0.15) is 9.78 Å². The second kappa shape index (κ2) is 9.26. The van der Waals surface area contributed by atoms with E-state index in [2.05, 4.69) is 15.1 Å². The molecule has 0 radical (unpaired) electrons. The van der Waals surface area contributed by atoms with Crippen molar-refractivity contribution >= 4 is 33.3 Å². The largest absolute Gasteiger partial charge is 0.495 e. The Labute approximate surface area is 196 Å². The minimum Gasteiger partial charge on any atom is -0.495 e. The van der Waals surface area contributed by atoms with Gasteiger partial charge in [0.1, 0.15) is 22.3 Å². The van der Waals surface area contributed by atoms with Gasteiger partial charge in [0.15, 0.2) is 0 Å². The molecule has 0 bridgehead atoms. The van der Waals surface area contributed by atoms with Crippen molar-refractivity contribution in [3.63, 3.8) is 0 Å². The summed E-state index contributed by atoms with van der Waals surface area (Å²) in [5, 5.41) is 7.15. The summed E-state index contributed by atoms with van der Waals surface area (Å²) in [6.45, 7) is 1.95. The fourth-order valence-corrected chi connectivity index (χ4v) is 5.05. The molecule has 0 spiro atoms. The van der Waals surface area contributed by atoms with Crippen molar-refractivity contribution in [3.8, 4) is 16.9 Å². The Morgan fingerprint density at radius 1 is 1.18 bits per heavy atom. The number of carbonyl (C=O) groups is 2. The first kappa shape index (κ1) is 23.4. The fourth-order valence-electron chi connectivity index (χ4n) is 3.80. The third kappa shape index (κ3) is 4.51. The van der Waals surface area contributed by atoms with Crippen LogP contribution in [0.5, 0.6) is 5.75 Å². The van der Waals surface area contributed by atoms with Gasteiger partial charge < -0.3 is 10.1 Å². The summed E-state index contributed by atoms with van der Waals surface area (Å²) < 4.78 is 48.8. The molecule has 34 heavy (non-hydrogen) atoms. The highest BCUT2D eigenvalue weighted by molar-refractivity contribution is 7.92. The number of hydrogen-bond acceptors (Lipinski definition) is 6. The average molecular weight is 487 g/mol. The number of rotatable bonds is 7. The lowest BCUT2D eigenvalue weighted by atomic mass is 10.0. The summed E-state index contributed by atoms with van der Waals surface area (Å²) in [4.78, 5) is 24.6. The number of halogens is 1. The molecule has 2 aromatic carbocycles. The Bertz CT molecular complexity index is 1380. The van der Waals surface area contributed by atoms with Crippen LogP contribution in [0.4, 0.5) is 15.9 Å². The number of ether oxygens (including phenoxy) is 1. The molecule has 0 unspecified atom stereocenters. The first-order chi connectivity index (χ1) is 16.2. The topological polar surface area (TPSA) is 119 Å². The highest BCUT2D eigenvalue weighted by Crippen LogP contribution is 2.38. The Kier molecular flexibility index (Phi) is 6.38. The number of carbonyl (C=O) groups excluding carboxylic acids is 2. The number of aromatic nitrogens is 2. The molecular formula is C23H23FN4O5S. The van der Waals surface area contributed by atoms with E-state index >= 15 is 0 Å². The number of fused-ring (bicyclic) bond motifs is 1. The zero-order valence-electron chi connectivity index (χ0n) is 18.6. The highest BCUT2D eigenvalue weighted by Gasteiger charge is 2.29. The molecule has 11 heteroatoms. The fraction of sp³-hybridized carbons (Fsp3) is 0.261. The molecule has 0 atom stereocenters. The predicted octanol–water partition coefficient (Wildman–Crippen LogP) is 3.82. The summed E-state index contributed by atoms with van der Waals surface area (Å²) in [7, 11) is -2.85. The molecule has 3 aromatic rings. The van der Waals surface area contributed by atoms with Crippen LogP contribution in [0.2, 0.25) is 0 Å². The van der Waals surface area contributed by atoms with Crippen LogP contribution in [0.3, 0.4) is 0 Å². The number of hydrogen-bond donors (Lipinski definition) is 2. The maximum absolute atomic E-state index is 13.6. The van der Waals surface area contributed by atoms with Crippen molar-refractivity contribution in [2.75, 3.05) is 17.1 Å². The van der Waals surface area contributed by atoms with Crippen LogP contribution in [0, 0.1) is 5.82 Å². The molecule has 178 valence electrons. The predicted molar refractivity (Wildman–Crippen MR) is 124 cm³/mol. The number of benzene rings is 2. The standard InChI is InChI=1S/C23H23FN4O5S/c1-3-5-17-22(23-25-20(29)10-11-21(30)28(23)26-17)14-8-9-18(33-2)19(12-14)34(31,32)27-16-7-4-6-15(24)13-16/h4,6-9,12-13,27H,3,5,10-11H2,1-2H3,(H,25,29). The number of methoxy groups -OCH3 is 1. The van der Waals surface area contributed by atoms with Crippen molar-refractivity contribution in [3.05, 3.63) is 54.0 Å².